The fourth-order valence-electron chi connectivity index (χ4n) is 5.54. The number of unbranched alkanes of at least 4 members (excludes halogenated alkanes) is 1. The van der Waals surface area contributed by atoms with Crippen molar-refractivity contribution < 1.29 is 33.4 Å². The van der Waals surface area contributed by atoms with Crippen LogP contribution < -0.4 is 14.5 Å². The van der Waals surface area contributed by atoms with Crippen LogP contribution in [-0.4, -0.2) is 79.2 Å². The van der Waals surface area contributed by atoms with E-state index in [1.807, 2.05) is 18.2 Å². The molecule has 2 heterocycles. The van der Waals surface area contributed by atoms with Gasteiger partial charge < -0.3 is 28.9 Å². The van der Waals surface area contributed by atoms with Crippen molar-refractivity contribution in [3.05, 3.63) is 18.2 Å². The molecule has 2 aliphatic heterocycles. The summed E-state index contributed by atoms with van der Waals surface area (Å²) in [6.07, 6.45) is 3.17. The molecule has 226 valence electrons. The Morgan fingerprint density at radius 2 is 1.78 bits per heavy atom. The van der Waals surface area contributed by atoms with Gasteiger partial charge in [-0.2, -0.15) is 0 Å². The summed E-state index contributed by atoms with van der Waals surface area (Å²) in [5.41, 5.74) is -0.366. The molecule has 0 aromatic heterocycles. The number of amides is 3. The minimum Gasteiger partial charge on any atom is -0.476 e. The molecule has 3 amide bonds. The molecule has 3 aliphatic rings. The number of hydrogen-bond donors (Lipinski definition) is 0. The summed E-state index contributed by atoms with van der Waals surface area (Å²) in [5, 5.41) is 0. The largest absolute Gasteiger partial charge is 0.476 e. The van der Waals surface area contributed by atoms with E-state index in [1.165, 1.54) is 11.8 Å². The number of carbonyl (C=O) groups excluding carboxylic acids is 4. The normalized spacial score (nSPS) is 22.1. The second-order valence-electron chi connectivity index (χ2n) is 13.0. The Bertz CT molecular complexity index is 1170. The smallest absolute Gasteiger partial charge is 0.410 e. The van der Waals surface area contributed by atoms with E-state index in [2.05, 4.69) is 0 Å². The minimum absolute atomic E-state index is 0.0278. The Kier molecular flexibility index (Phi) is 9.01. The van der Waals surface area contributed by atoms with Crippen molar-refractivity contribution >= 4 is 35.1 Å². The number of benzene rings is 1. The van der Waals surface area contributed by atoms with Crippen molar-refractivity contribution in [3.8, 4) is 5.75 Å². The predicted octanol–water partition coefficient (Wildman–Crippen LogP) is 4.57. The van der Waals surface area contributed by atoms with Gasteiger partial charge in [0.2, 0.25) is 5.91 Å². The van der Waals surface area contributed by atoms with Crippen LogP contribution in [0.1, 0.15) is 73.6 Å². The molecule has 41 heavy (non-hydrogen) atoms. The SMILES string of the molecule is COCCCCN1C(=O)C(C)(C)Oc2ccc(N(C(=O)C3CC(C(C)=O)CN(C(=O)OC(C)(C)C)C3)C3CC3)cc21. The predicted molar refractivity (Wildman–Crippen MR) is 155 cm³/mol. The van der Waals surface area contributed by atoms with Gasteiger partial charge in [-0.3, -0.25) is 14.4 Å². The number of piperidine rings is 1. The van der Waals surface area contributed by atoms with Gasteiger partial charge in [0.25, 0.3) is 5.91 Å². The third-order valence-corrected chi connectivity index (χ3v) is 7.79. The van der Waals surface area contributed by atoms with Crippen molar-refractivity contribution in [2.24, 2.45) is 11.8 Å². The van der Waals surface area contributed by atoms with Gasteiger partial charge in [0.1, 0.15) is 17.1 Å². The van der Waals surface area contributed by atoms with E-state index < -0.39 is 29.1 Å². The van der Waals surface area contributed by atoms with E-state index in [0.29, 0.717) is 36.7 Å². The van der Waals surface area contributed by atoms with Crippen molar-refractivity contribution in [1.29, 1.82) is 0 Å². The van der Waals surface area contributed by atoms with Crippen LogP contribution in [0.3, 0.4) is 0 Å². The highest BCUT2D eigenvalue weighted by Crippen LogP contribution is 2.43. The molecule has 0 N–H and O–H groups in total. The zero-order valence-corrected chi connectivity index (χ0v) is 25.5. The molecule has 10 nitrogen and oxygen atoms in total. The fourth-order valence-corrected chi connectivity index (χ4v) is 5.54. The van der Waals surface area contributed by atoms with E-state index in [-0.39, 0.29) is 36.7 Å². The summed E-state index contributed by atoms with van der Waals surface area (Å²) in [5.74, 6) is -0.700. The Balaban J connectivity index is 1.62. The minimum atomic E-state index is -1.00. The number of anilines is 2. The first-order valence-corrected chi connectivity index (χ1v) is 14.7. The third-order valence-electron chi connectivity index (χ3n) is 7.79. The van der Waals surface area contributed by atoms with Crippen LogP contribution in [0, 0.1) is 11.8 Å². The Morgan fingerprint density at radius 1 is 1.10 bits per heavy atom. The number of carbonyl (C=O) groups is 4. The highest BCUT2D eigenvalue weighted by molar-refractivity contribution is 6.04. The highest BCUT2D eigenvalue weighted by Gasteiger charge is 2.44. The third kappa shape index (κ3) is 7.20. The number of fused-ring (bicyclic) bond motifs is 1. The number of nitrogens with zero attached hydrogens (tertiary/aromatic N) is 3. The molecule has 10 heteroatoms. The molecule has 2 fully saturated rings. The molecule has 0 radical (unpaired) electrons. The first-order chi connectivity index (χ1) is 19.2. The lowest BCUT2D eigenvalue weighted by Gasteiger charge is -2.40. The van der Waals surface area contributed by atoms with Crippen LogP contribution in [0.5, 0.6) is 5.75 Å². The lowest BCUT2D eigenvalue weighted by molar-refractivity contribution is -0.132. The van der Waals surface area contributed by atoms with Crippen molar-refractivity contribution in [2.75, 3.05) is 43.2 Å². The van der Waals surface area contributed by atoms with Crippen molar-refractivity contribution in [3.63, 3.8) is 0 Å². The molecule has 2 unspecified atom stereocenters. The highest BCUT2D eigenvalue weighted by atomic mass is 16.6. The lowest BCUT2D eigenvalue weighted by Crippen LogP contribution is -2.53. The van der Waals surface area contributed by atoms with Crippen molar-refractivity contribution in [2.45, 2.75) is 90.9 Å². The topological polar surface area (TPSA) is 106 Å². The van der Waals surface area contributed by atoms with Gasteiger partial charge in [-0.05, 0) is 91.8 Å². The summed E-state index contributed by atoms with van der Waals surface area (Å²) in [6, 6.07) is 5.59. The molecule has 0 spiro atoms. The average Bonchev–Trinajstić information content (AvgIpc) is 3.72. The number of ketones is 1. The number of Topliss-reactive ketones (excluding diaryl/α,β-unsaturated/α-hetero) is 1. The van der Waals surface area contributed by atoms with Gasteiger partial charge in [-0.1, -0.05) is 0 Å². The Labute approximate surface area is 243 Å². The average molecular weight is 572 g/mol. The van der Waals surface area contributed by atoms with Gasteiger partial charge in [0, 0.05) is 51.0 Å². The van der Waals surface area contributed by atoms with Gasteiger partial charge in [0.05, 0.1) is 11.6 Å². The number of methoxy groups -OCH3 is 1. The molecule has 4 rings (SSSR count). The molecule has 2 atom stereocenters. The van der Waals surface area contributed by atoms with E-state index in [4.69, 9.17) is 14.2 Å². The molecule has 0 bridgehead atoms. The molecule has 1 saturated heterocycles. The first kappa shape index (κ1) is 30.8. The monoisotopic (exact) mass is 571 g/mol. The Morgan fingerprint density at radius 3 is 2.39 bits per heavy atom. The summed E-state index contributed by atoms with van der Waals surface area (Å²) < 4.78 is 16.8. The van der Waals surface area contributed by atoms with Crippen LogP contribution in [0.15, 0.2) is 18.2 Å². The second kappa shape index (κ2) is 12.0. The van der Waals surface area contributed by atoms with E-state index >= 15 is 0 Å². The molecule has 1 saturated carbocycles. The molecule has 1 aliphatic carbocycles. The summed E-state index contributed by atoms with van der Waals surface area (Å²) >= 11 is 0. The van der Waals surface area contributed by atoms with Crippen LogP contribution >= 0.6 is 0 Å². The summed E-state index contributed by atoms with van der Waals surface area (Å²) in [7, 11) is 1.66. The lowest BCUT2D eigenvalue weighted by atomic mass is 9.86. The quantitative estimate of drug-likeness (QED) is 0.400. The zero-order chi connectivity index (χ0) is 30.1. The maximum Gasteiger partial charge on any atom is 0.410 e. The standard InChI is InChI=1S/C31H45N3O7/c1-20(35)21-16-22(19-32(18-21)29(38)41-30(2,3)4)27(36)34(23-10-11-23)24-12-13-26-25(17-24)33(14-8-9-15-39-7)28(37)31(5,6)40-26/h12-13,17,21-23H,8-11,14-16,18-19H2,1-7H3. The van der Waals surface area contributed by atoms with E-state index in [9.17, 15) is 19.2 Å². The fraction of sp³-hybridized carbons (Fsp3) is 0.677. The molecule has 1 aromatic carbocycles. The number of likely N-dealkylation sites (tertiary alicyclic amines) is 1. The number of ether oxygens (including phenoxy) is 3. The van der Waals surface area contributed by atoms with Crippen LogP contribution in [-0.2, 0) is 23.9 Å². The zero-order valence-electron chi connectivity index (χ0n) is 25.5. The Hall–Kier alpha value is -3.14. The van der Waals surface area contributed by atoms with Crippen LogP contribution in [0.25, 0.3) is 0 Å². The molecular weight excluding hydrogens is 526 g/mol. The van der Waals surface area contributed by atoms with Crippen molar-refractivity contribution in [1.82, 2.24) is 4.90 Å². The maximum atomic E-state index is 14.2. The van der Waals surface area contributed by atoms with Gasteiger partial charge >= 0.3 is 6.09 Å². The summed E-state index contributed by atoms with van der Waals surface area (Å²) in [4.78, 5) is 58.0. The maximum absolute atomic E-state index is 14.2. The van der Waals surface area contributed by atoms with Crippen LogP contribution in [0.2, 0.25) is 0 Å². The first-order valence-electron chi connectivity index (χ1n) is 14.7. The van der Waals surface area contributed by atoms with E-state index in [0.717, 1.165) is 25.7 Å². The van der Waals surface area contributed by atoms with Gasteiger partial charge in [0.15, 0.2) is 5.60 Å². The van der Waals surface area contributed by atoms with Gasteiger partial charge in [-0.15, -0.1) is 0 Å². The second-order valence-corrected chi connectivity index (χ2v) is 13.0. The molecular formula is C31H45N3O7. The van der Waals surface area contributed by atoms with E-state index in [1.54, 1.807) is 51.5 Å². The molecule has 1 aromatic rings. The van der Waals surface area contributed by atoms with Gasteiger partial charge in [-0.25, -0.2) is 4.79 Å². The number of rotatable bonds is 9. The van der Waals surface area contributed by atoms with Crippen LogP contribution in [0.4, 0.5) is 16.2 Å². The number of hydrogen-bond acceptors (Lipinski definition) is 7. The summed E-state index contributed by atoms with van der Waals surface area (Å²) in [6.45, 7) is 12.0.